The van der Waals surface area contributed by atoms with Crippen molar-refractivity contribution in [3.05, 3.63) is 71.9 Å². The summed E-state index contributed by atoms with van der Waals surface area (Å²) >= 11 is 8.09. The molecule has 0 amide bonds. The van der Waals surface area contributed by atoms with Crippen LogP contribution in [0.1, 0.15) is 37.2 Å². The Bertz CT molecular complexity index is 1080. The summed E-state index contributed by atoms with van der Waals surface area (Å²) in [7, 11) is 0. The van der Waals surface area contributed by atoms with Crippen molar-refractivity contribution in [3.8, 4) is 0 Å². The van der Waals surface area contributed by atoms with E-state index in [4.69, 9.17) is 16.7 Å². The fourth-order valence-corrected chi connectivity index (χ4v) is 5.81. The Hall–Kier alpha value is -2.21. The highest BCUT2D eigenvalue weighted by molar-refractivity contribution is 7.99. The van der Waals surface area contributed by atoms with E-state index < -0.39 is 5.97 Å². The number of rotatable bonds is 4. The highest BCUT2D eigenvalue weighted by atomic mass is 35.5. The number of hydrogen-bond donors (Lipinski definition) is 2. The van der Waals surface area contributed by atoms with E-state index in [1.807, 2.05) is 18.2 Å². The maximum absolute atomic E-state index is 9.25. The Balaban J connectivity index is 0.000000418. The topological polar surface area (TPSA) is 56.3 Å². The number of aliphatic carboxylic acids is 1. The summed E-state index contributed by atoms with van der Waals surface area (Å²) in [6.07, 6.45) is 8.44. The monoisotopic (exact) mass is 454 g/mol. The minimum absolute atomic E-state index is 0.684. The standard InChI is InChI=1S/C22H23ClN2S.C3H4O2/c23-20-5-1-2-6-22(20)26-17-7-8-21-18(13-17)19(14-24-21)15-9-11-25-10-3-4-16(25)12-15;1-2-3(4)5/h1-2,5-8,13-16,24H,3-4,9-12H2;2H,1H2,(H,4,5). The first-order valence-electron chi connectivity index (χ1n) is 10.7. The van der Waals surface area contributed by atoms with Crippen LogP contribution in [0.4, 0.5) is 0 Å². The highest BCUT2D eigenvalue weighted by Gasteiger charge is 2.33. The van der Waals surface area contributed by atoms with E-state index in [9.17, 15) is 4.79 Å². The van der Waals surface area contributed by atoms with Crippen LogP contribution in [0.2, 0.25) is 5.02 Å². The molecule has 3 aromatic rings. The number of halogens is 1. The van der Waals surface area contributed by atoms with E-state index in [0.717, 1.165) is 22.0 Å². The number of aromatic amines is 1. The Labute approximate surface area is 192 Å². The number of carboxylic acid groups (broad SMARTS) is 1. The first-order chi connectivity index (χ1) is 15.0. The fourth-order valence-electron chi connectivity index (χ4n) is 4.68. The van der Waals surface area contributed by atoms with Gasteiger partial charge in [-0.1, -0.05) is 42.1 Å². The van der Waals surface area contributed by atoms with E-state index in [0.29, 0.717) is 5.92 Å². The number of benzene rings is 2. The molecule has 0 bridgehead atoms. The molecule has 2 aliphatic heterocycles. The second-order valence-electron chi connectivity index (χ2n) is 8.08. The van der Waals surface area contributed by atoms with Crippen molar-refractivity contribution >= 4 is 40.2 Å². The third kappa shape index (κ3) is 5.17. The quantitative estimate of drug-likeness (QED) is 0.437. The van der Waals surface area contributed by atoms with Crippen molar-refractivity contribution in [1.29, 1.82) is 0 Å². The molecule has 3 heterocycles. The van der Waals surface area contributed by atoms with Crippen LogP contribution in [-0.4, -0.2) is 40.1 Å². The second kappa shape index (κ2) is 9.94. The highest BCUT2D eigenvalue weighted by Crippen LogP contribution is 2.40. The first-order valence-corrected chi connectivity index (χ1v) is 11.9. The second-order valence-corrected chi connectivity index (χ2v) is 9.60. The number of hydrogen-bond acceptors (Lipinski definition) is 3. The van der Waals surface area contributed by atoms with Gasteiger partial charge in [0.05, 0.1) is 5.02 Å². The zero-order valence-corrected chi connectivity index (χ0v) is 19.0. The van der Waals surface area contributed by atoms with Crippen molar-refractivity contribution < 1.29 is 9.90 Å². The van der Waals surface area contributed by atoms with Crippen LogP contribution in [0.3, 0.4) is 0 Å². The largest absolute Gasteiger partial charge is 0.478 e. The van der Waals surface area contributed by atoms with Crippen molar-refractivity contribution in [2.24, 2.45) is 0 Å². The lowest BCUT2D eigenvalue weighted by molar-refractivity contribution is -0.131. The van der Waals surface area contributed by atoms with Crippen LogP contribution in [0.5, 0.6) is 0 Å². The molecule has 2 N–H and O–H groups in total. The summed E-state index contributed by atoms with van der Waals surface area (Å²) in [5.41, 5.74) is 2.76. The van der Waals surface area contributed by atoms with Crippen molar-refractivity contribution in [3.63, 3.8) is 0 Å². The lowest BCUT2D eigenvalue weighted by atomic mass is 9.85. The van der Waals surface area contributed by atoms with Gasteiger partial charge < -0.3 is 15.0 Å². The summed E-state index contributed by atoms with van der Waals surface area (Å²) in [6, 6.07) is 15.6. The molecule has 31 heavy (non-hydrogen) atoms. The third-order valence-electron chi connectivity index (χ3n) is 6.18. The minimum atomic E-state index is -0.981. The molecule has 0 radical (unpaired) electrons. The molecule has 2 unspecified atom stereocenters. The lowest BCUT2D eigenvalue weighted by Gasteiger charge is -2.34. The molecule has 2 atom stereocenters. The van der Waals surface area contributed by atoms with E-state index in [1.165, 1.54) is 60.1 Å². The number of carbonyl (C=O) groups is 1. The van der Waals surface area contributed by atoms with Gasteiger partial charge in [-0.3, -0.25) is 0 Å². The Morgan fingerprint density at radius 3 is 2.81 bits per heavy atom. The van der Waals surface area contributed by atoms with Crippen molar-refractivity contribution in [2.45, 2.75) is 47.4 Å². The molecule has 2 fully saturated rings. The molecule has 2 aliphatic rings. The average molecular weight is 455 g/mol. The van der Waals surface area contributed by atoms with Crippen LogP contribution in [0.25, 0.3) is 10.9 Å². The van der Waals surface area contributed by atoms with Gasteiger partial charge in [-0.05, 0) is 80.6 Å². The van der Waals surface area contributed by atoms with Gasteiger partial charge in [-0.2, -0.15) is 0 Å². The molecule has 0 saturated carbocycles. The van der Waals surface area contributed by atoms with Gasteiger partial charge in [-0.25, -0.2) is 4.79 Å². The van der Waals surface area contributed by atoms with E-state index in [2.05, 4.69) is 46.9 Å². The van der Waals surface area contributed by atoms with Gasteiger partial charge >= 0.3 is 5.97 Å². The van der Waals surface area contributed by atoms with Gasteiger partial charge in [0.25, 0.3) is 0 Å². The van der Waals surface area contributed by atoms with E-state index in [-0.39, 0.29) is 0 Å². The smallest absolute Gasteiger partial charge is 0.327 e. The van der Waals surface area contributed by atoms with Crippen LogP contribution in [-0.2, 0) is 4.79 Å². The third-order valence-corrected chi connectivity index (χ3v) is 7.69. The average Bonchev–Trinajstić information content (AvgIpc) is 3.41. The summed E-state index contributed by atoms with van der Waals surface area (Å²) in [4.78, 5) is 17.8. The predicted molar refractivity (Wildman–Crippen MR) is 128 cm³/mol. The summed E-state index contributed by atoms with van der Waals surface area (Å²) < 4.78 is 0. The number of fused-ring (bicyclic) bond motifs is 2. The summed E-state index contributed by atoms with van der Waals surface area (Å²) in [6.45, 7) is 5.53. The molecule has 4 nitrogen and oxygen atoms in total. The predicted octanol–water partition coefficient (Wildman–Crippen LogP) is 6.57. The summed E-state index contributed by atoms with van der Waals surface area (Å²) in [5, 5.41) is 9.81. The Morgan fingerprint density at radius 2 is 2.03 bits per heavy atom. The maximum Gasteiger partial charge on any atom is 0.327 e. The van der Waals surface area contributed by atoms with Gasteiger partial charge in [-0.15, -0.1) is 0 Å². The number of piperidine rings is 1. The normalized spacial score (nSPS) is 20.7. The Morgan fingerprint density at radius 1 is 1.23 bits per heavy atom. The number of nitrogens with one attached hydrogen (secondary N) is 1. The molecule has 2 aromatic carbocycles. The molecule has 0 spiro atoms. The van der Waals surface area contributed by atoms with Crippen molar-refractivity contribution in [1.82, 2.24) is 9.88 Å². The number of H-pyrrole nitrogens is 1. The van der Waals surface area contributed by atoms with Crippen LogP contribution in [0, 0.1) is 0 Å². The molecule has 1 aromatic heterocycles. The van der Waals surface area contributed by atoms with E-state index >= 15 is 0 Å². The maximum atomic E-state index is 9.25. The molecule has 0 aliphatic carbocycles. The first kappa shape index (κ1) is 22.0. The minimum Gasteiger partial charge on any atom is -0.478 e. The lowest BCUT2D eigenvalue weighted by Crippen LogP contribution is -2.37. The van der Waals surface area contributed by atoms with Gasteiger partial charge in [0.1, 0.15) is 0 Å². The molecule has 6 heteroatoms. The van der Waals surface area contributed by atoms with Crippen LogP contribution < -0.4 is 0 Å². The zero-order valence-electron chi connectivity index (χ0n) is 17.4. The van der Waals surface area contributed by atoms with Crippen molar-refractivity contribution in [2.75, 3.05) is 13.1 Å². The SMILES string of the molecule is C=CC(=O)O.Clc1ccccc1Sc1ccc2[nH]cc(C3CCN4CCCC4C3)c2c1. The van der Waals surface area contributed by atoms with Gasteiger partial charge in [0.2, 0.25) is 0 Å². The molecule has 5 rings (SSSR count). The zero-order chi connectivity index (χ0) is 21.8. The van der Waals surface area contributed by atoms with Crippen LogP contribution >= 0.6 is 23.4 Å². The van der Waals surface area contributed by atoms with Gasteiger partial charge in [0.15, 0.2) is 0 Å². The fraction of sp³-hybridized carbons (Fsp3) is 0.320. The number of aromatic nitrogens is 1. The van der Waals surface area contributed by atoms with Gasteiger partial charge in [0, 0.05) is 39.0 Å². The number of nitrogens with zero attached hydrogens (tertiary/aromatic N) is 1. The Kier molecular flexibility index (Phi) is 7.06. The van der Waals surface area contributed by atoms with E-state index in [1.54, 1.807) is 11.8 Å². The molecule has 2 saturated heterocycles. The summed E-state index contributed by atoms with van der Waals surface area (Å²) in [5.74, 6) is -0.298. The molecular formula is C25H27ClN2O2S. The molecule has 162 valence electrons. The van der Waals surface area contributed by atoms with Crippen LogP contribution in [0.15, 0.2) is 71.1 Å². The molecular weight excluding hydrogens is 428 g/mol. The number of carboxylic acids is 1.